The van der Waals surface area contributed by atoms with Crippen LogP contribution in [-0.2, 0) is 21.2 Å². The fourth-order valence-electron chi connectivity index (χ4n) is 3.90. The SMILES string of the molecule is NC(=O)Cc1nc2ccc(-c3cnc(Cl)c(NS(=O)(=O)c4cccc(OC(F)F)c4)c3)nn2c1-c1ccncc1. The number of primary amides is 1. The number of fused-ring (bicyclic) bond motifs is 1. The zero-order valence-corrected chi connectivity index (χ0v) is 21.8. The zero-order chi connectivity index (χ0) is 28.4. The number of amides is 1. The van der Waals surface area contributed by atoms with Gasteiger partial charge in [0.15, 0.2) is 10.8 Å². The monoisotopic (exact) mass is 585 g/mol. The molecule has 0 aliphatic carbocycles. The van der Waals surface area contributed by atoms with Gasteiger partial charge in [-0.05, 0) is 42.5 Å². The maximum absolute atomic E-state index is 13.0. The zero-order valence-electron chi connectivity index (χ0n) is 20.2. The number of nitrogens with zero attached hydrogens (tertiary/aromatic N) is 5. The van der Waals surface area contributed by atoms with Crippen LogP contribution in [0.2, 0.25) is 5.15 Å². The molecule has 5 aromatic rings. The first-order valence-electron chi connectivity index (χ1n) is 11.4. The van der Waals surface area contributed by atoms with Crippen molar-refractivity contribution in [2.24, 2.45) is 5.73 Å². The van der Waals surface area contributed by atoms with Crippen LogP contribution in [0.3, 0.4) is 0 Å². The second-order valence-electron chi connectivity index (χ2n) is 8.30. The Morgan fingerprint density at radius 3 is 2.60 bits per heavy atom. The van der Waals surface area contributed by atoms with Crippen molar-refractivity contribution in [3.63, 3.8) is 0 Å². The van der Waals surface area contributed by atoms with Crippen LogP contribution in [0.25, 0.3) is 28.2 Å². The van der Waals surface area contributed by atoms with E-state index in [2.05, 4.69) is 29.5 Å². The van der Waals surface area contributed by atoms with E-state index in [1.165, 1.54) is 35.0 Å². The Kier molecular flexibility index (Phi) is 7.28. The van der Waals surface area contributed by atoms with Crippen LogP contribution in [0, 0.1) is 0 Å². The molecule has 4 heterocycles. The number of anilines is 1. The number of hydrogen-bond acceptors (Lipinski definition) is 8. The summed E-state index contributed by atoms with van der Waals surface area (Å²) in [4.78, 5) is 24.0. The lowest BCUT2D eigenvalue weighted by atomic mass is 10.1. The van der Waals surface area contributed by atoms with Crippen molar-refractivity contribution in [1.29, 1.82) is 0 Å². The highest BCUT2D eigenvalue weighted by atomic mass is 35.5. The average molecular weight is 586 g/mol. The minimum Gasteiger partial charge on any atom is -0.435 e. The molecule has 0 spiro atoms. The Hall–Kier alpha value is -4.69. The average Bonchev–Trinajstić information content (AvgIpc) is 3.26. The number of rotatable bonds is 9. The predicted octanol–water partition coefficient (Wildman–Crippen LogP) is 3.94. The van der Waals surface area contributed by atoms with Crippen molar-refractivity contribution in [3.05, 3.63) is 84.0 Å². The second kappa shape index (κ2) is 10.8. The van der Waals surface area contributed by atoms with Gasteiger partial charge in [-0.3, -0.25) is 14.5 Å². The largest absolute Gasteiger partial charge is 0.435 e. The first-order chi connectivity index (χ1) is 19.1. The Labute approximate surface area is 230 Å². The molecule has 15 heteroatoms. The lowest BCUT2D eigenvalue weighted by Crippen LogP contribution is -2.14. The van der Waals surface area contributed by atoms with Gasteiger partial charge in [0.2, 0.25) is 5.91 Å². The molecular weight excluding hydrogens is 568 g/mol. The number of nitrogens with one attached hydrogen (secondary N) is 1. The Morgan fingerprint density at radius 2 is 1.88 bits per heavy atom. The molecule has 0 aliphatic heterocycles. The van der Waals surface area contributed by atoms with Gasteiger partial charge < -0.3 is 10.5 Å². The van der Waals surface area contributed by atoms with E-state index in [1.807, 2.05) is 0 Å². The van der Waals surface area contributed by atoms with Crippen molar-refractivity contribution in [2.75, 3.05) is 4.72 Å². The molecule has 40 heavy (non-hydrogen) atoms. The third kappa shape index (κ3) is 5.67. The second-order valence-corrected chi connectivity index (χ2v) is 10.3. The number of nitrogens with two attached hydrogens (primary N) is 1. The standard InChI is InChI=1S/C25H18ClF2N7O4S/c26-24-20(34-40(37,38)17-3-1-2-16(11-17)39-25(27)28)10-15(13-31-24)18-4-5-22-32-19(12-21(29)36)23(35(22)33-18)14-6-8-30-9-7-14/h1-11,13,25,34H,12H2,(H2,29,36). The summed E-state index contributed by atoms with van der Waals surface area (Å²) >= 11 is 6.18. The molecule has 0 aliphatic rings. The molecule has 1 amide bonds. The van der Waals surface area contributed by atoms with Crippen molar-refractivity contribution >= 4 is 38.9 Å². The summed E-state index contributed by atoms with van der Waals surface area (Å²) in [6, 6.07) is 12.8. The van der Waals surface area contributed by atoms with E-state index < -0.39 is 22.5 Å². The summed E-state index contributed by atoms with van der Waals surface area (Å²) in [6.45, 7) is -3.12. The number of ether oxygens (including phenoxy) is 1. The third-order valence-corrected chi connectivity index (χ3v) is 7.23. The fraction of sp³-hybridized carbons (Fsp3) is 0.0800. The van der Waals surface area contributed by atoms with Crippen LogP contribution < -0.4 is 15.2 Å². The minimum absolute atomic E-state index is 0.0735. The summed E-state index contributed by atoms with van der Waals surface area (Å²) in [5.41, 5.74) is 8.22. The number of halogens is 3. The van der Waals surface area contributed by atoms with Gasteiger partial charge in [-0.25, -0.2) is 22.9 Å². The lowest BCUT2D eigenvalue weighted by Gasteiger charge is -2.12. The highest BCUT2D eigenvalue weighted by molar-refractivity contribution is 7.92. The molecule has 0 saturated carbocycles. The number of imidazole rings is 1. The molecule has 0 radical (unpaired) electrons. The van der Waals surface area contributed by atoms with E-state index in [0.29, 0.717) is 33.9 Å². The maximum atomic E-state index is 13.0. The highest BCUT2D eigenvalue weighted by Crippen LogP contribution is 2.30. The van der Waals surface area contributed by atoms with Gasteiger partial charge >= 0.3 is 6.61 Å². The van der Waals surface area contributed by atoms with Crippen molar-refractivity contribution < 1.29 is 26.7 Å². The minimum atomic E-state index is -4.26. The summed E-state index contributed by atoms with van der Waals surface area (Å²) in [5.74, 6) is -0.890. The third-order valence-electron chi connectivity index (χ3n) is 5.57. The van der Waals surface area contributed by atoms with Crippen LogP contribution in [-0.4, -0.2) is 45.5 Å². The van der Waals surface area contributed by atoms with Crippen LogP contribution in [0.15, 0.2) is 78.1 Å². The van der Waals surface area contributed by atoms with Gasteiger partial charge in [0.1, 0.15) is 5.75 Å². The number of carbonyl (C=O) groups is 1. The molecule has 5 rings (SSSR count). The summed E-state index contributed by atoms with van der Waals surface area (Å²) < 4.78 is 59.3. The molecule has 204 valence electrons. The topological polar surface area (TPSA) is 154 Å². The predicted molar refractivity (Wildman–Crippen MR) is 141 cm³/mol. The maximum Gasteiger partial charge on any atom is 0.387 e. The number of alkyl halides is 2. The van der Waals surface area contributed by atoms with Gasteiger partial charge in [-0.15, -0.1) is 0 Å². The van der Waals surface area contributed by atoms with Crippen LogP contribution >= 0.6 is 11.6 Å². The van der Waals surface area contributed by atoms with Crippen molar-refractivity contribution in [1.82, 2.24) is 24.6 Å². The Balaban J connectivity index is 1.54. The quantitative estimate of drug-likeness (QED) is 0.247. The van der Waals surface area contributed by atoms with E-state index in [9.17, 15) is 22.0 Å². The van der Waals surface area contributed by atoms with E-state index in [1.54, 1.807) is 36.7 Å². The molecule has 0 atom stereocenters. The van der Waals surface area contributed by atoms with Crippen LogP contribution in [0.5, 0.6) is 5.75 Å². The van der Waals surface area contributed by atoms with E-state index >= 15 is 0 Å². The summed E-state index contributed by atoms with van der Waals surface area (Å²) in [7, 11) is -4.26. The molecule has 11 nitrogen and oxygen atoms in total. The fourth-order valence-corrected chi connectivity index (χ4v) is 5.20. The Morgan fingerprint density at radius 1 is 1.10 bits per heavy atom. The normalized spacial score (nSPS) is 11.6. The molecule has 0 unspecified atom stereocenters. The van der Waals surface area contributed by atoms with Crippen LogP contribution in [0.1, 0.15) is 5.69 Å². The van der Waals surface area contributed by atoms with E-state index in [4.69, 9.17) is 17.3 Å². The van der Waals surface area contributed by atoms with Gasteiger partial charge in [-0.2, -0.15) is 13.9 Å². The number of sulfonamides is 1. The first-order valence-corrected chi connectivity index (χ1v) is 13.3. The van der Waals surface area contributed by atoms with Crippen molar-refractivity contribution in [3.8, 4) is 28.3 Å². The van der Waals surface area contributed by atoms with Gasteiger partial charge in [0, 0.05) is 35.8 Å². The number of pyridine rings is 2. The summed E-state index contributed by atoms with van der Waals surface area (Å²) in [5, 5.41) is 4.49. The number of benzene rings is 1. The van der Waals surface area contributed by atoms with Gasteiger partial charge in [0.25, 0.3) is 10.0 Å². The molecular formula is C25H18ClF2N7O4S. The van der Waals surface area contributed by atoms with E-state index in [-0.39, 0.29) is 27.9 Å². The van der Waals surface area contributed by atoms with Crippen LogP contribution in [0.4, 0.5) is 14.5 Å². The first kappa shape index (κ1) is 26.9. The Bertz CT molecular complexity index is 1840. The number of aromatic nitrogens is 5. The summed E-state index contributed by atoms with van der Waals surface area (Å²) in [6.07, 6.45) is 4.46. The molecule has 0 fully saturated rings. The number of hydrogen-bond donors (Lipinski definition) is 2. The van der Waals surface area contributed by atoms with Gasteiger partial charge in [0.05, 0.1) is 34.1 Å². The highest BCUT2D eigenvalue weighted by Gasteiger charge is 2.21. The van der Waals surface area contributed by atoms with E-state index in [0.717, 1.165) is 6.07 Å². The molecule has 0 saturated heterocycles. The van der Waals surface area contributed by atoms with Crippen molar-refractivity contribution in [2.45, 2.75) is 17.9 Å². The lowest BCUT2D eigenvalue weighted by molar-refractivity contribution is -0.117. The smallest absolute Gasteiger partial charge is 0.387 e. The molecule has 4 aromatic heterocycles. The molecule has 0 bridgehead atoms. The van der Waals surface area contributed by atoms with Gasteiger partial charge in [-0.1, -0.05) is 17.7 Å². The molecule has 3 N–H and O–H groups in total. The number of carbonyl (C=O) groups excluding carboxylic acids is 1. The molecule has 1 aromatic carbocycles.